The van der Waals surface area contributed by atoms with E-state index < -0.39 is 6.04 Å². The Morgan fingerprint density at radius 3 is 1.23 bits per heavy atom. The minimum atomic E-state index is -2.88. The summed E-state index contributed by atoms with van der Waals surface area (Å²) in [4.78, 5) is 0. The molecule has 0 fully saturated rings. The lowest BCUT2D eigenvalue weighted by Gasteiger charge is -2.14. The van der Waals surface area contributed by atoms with E-state index in [9.17, 15) is 0 Å². The second-order valence-electron chi connectivity index (χ2n) is 4.87. The monoisotopic (exact) mass is 393 g/mol. The van der Waals surface area contributed by atoms with Crippen molar-refractivity contribution in [1.82, 2.24) is 0 Å². The molecule has 0 saturated heterocycles. The zero-order valence-electron chi connectivity index (χ0n) is 13.0. The van der Waals surface area contributed by atoms with Crippen LogP contribution in [0.4, 0.5) is 0 Å². The predicted octanol–water partition coefficient (Wildman–Crippen LogP) is 1.65. The minimum Gasteiger partial charge on any atom is -0.454 e. The second-order valence-corrected chi connectivity index (χ2v) is 9.06. The molecular weight excluding hydrogens is 381 g/mol. The van der Waals surface area contributed by atoms with Crippen LogP contribution in [0.3, 0.4) is 0 Å². The Morgan fingerprint density at radius 2 is 0.962 bits per heavy atom. The third kappa shape index (κ3) is 3.19. The predicted molar refractivity (Wildman–Crippen MR) is 97.5 cm³/mol. The van der Waals surface area contributed by atoms with Crippen LogP contribution in [0, 0.1) is 0 Å². The zero-order valence-corrected chi connectivity index (χ0v) is 14.7. The topological polar surface area (TPSA) is 137 Å². The van der Waals surface area contributed by atoms with Gasteiger partial charge in [0.25, 0.3) is 0 Å². The van der Waals surface area contributed by atoms with Crippen molar-refractivity contribution in [3.63, 3.8) is 0 Å². The van der Waals surface area contributed by atoms with Gasteiger partial charge >= 0.3 is 0 Å². The van der Waals surface area contributed by atoms with E-state index in [2.05, 4.69) is 15.5 Å². The molecule has 0 atom stereocenters. The van der Waals surface area contributed by atoms with Crippen LogP contribution in [-0.2, 0) is 11.8 Å². The first-order valence-electron chi connectivity index (χ1n) is 7.05. The van der Waals surface area contributed by atoms with Crippen molar-refractivity contribution < 1.29 is 28.9 Å². The maximum Gasteiger partial charge on any atom is 0.150 e. The lowest BCUT2D eigenvalue weighted by molar-refractivity contribution is 0.320. The van der Waals surface area contributed by atoms with Gasteiger partial charge in [-0.3, -0.25) is 0 Å². The highest BCUT2D eigenvalue weighted by molar-refractivity contribution is 8.25. The van der Waals surface area contributed by atoms with Crippen molar-refractivity contribution in [3.05, 3.63) is 53.7 Å². The zero-order chi connectivity index (χ0) is 18.6. The normalized spacial score (nSPS) is 14.6. The Labute approximate surface area is 151 Å². The number of nitrogens with zero attached hydrogens (tertiary/aromatic N) is 3. The molecule has 3 aromatic rings. The molecule has 9 nitrogen and oxygen atoms in total. The average molecular weight is 393 g/mol. The first-order valence-corrected chi connectivity index (χ1v) is 9.85. The molecule has 0 aliphatic rings. The maximum absolute atomic E-state index is 8.67. The van der Waals surface area contributed by atoms with Gasteiger partial charge in [-0.15, -0.1) is 0 Å². The van der Waals surface area contributed by atoms with Gasteiger partial charge in [-0.1, -0.05) is 27.3 Å². The van der Waals surface area contributed by atoms with Crippen LogP contribution in [0.5, 0.6) is 0 Å². The number of hydrogen-bond acceptors (Lipinski definition) is 10. The summed E-state index contributed by atoms with van der Waals surface area (Å²) >= 11 is 5.90. The molecule has 0 radical (unpaired) electrons. The second kappa shape index (κ2) is 7.42. The molecule has 3 rings (SSSR count). The van der Waals surface area contributed by atoms with Crippen molar-refractivity contribution in [2.45, 2.75) is 0 Å². The largest absolute Gasteiger partial charge is 0.454 e. The molecule has 0 spiro atoms. The molecular formula is C15H12N3O6PS. The van der Waals surface area contributed by atoms with E-state index in [1.54, 1.807) is 36.4 Å². The highest BCUT2D eigenvalue weighted by atomic mass is 32.4. The van der Waals surface area contributed by atoms with Crippen LogP contribution in [0.1, 0.15) is 17.3 Å². The van der Waals surface area contributed by atoms with Gasteiger partial charge in [-0.25, -0.2) is 0 Å². The summed E-state index contributed by atoms with van der Waals surface area (Å²) in [5.41, 5.74) is 1.14. The molecule has 3 heterocycles. The summed E-state index contributed by atoms with van der Waals surface area (Å²) in [5, 5.41) is 34.8. The van der Waals surface area contributed by atoms with Crippen molar-refractivity contribution in [2.75, 3.05) is 0 Å². The molecule has 0 amide bonds. The maximum atomic E-state index is 8.67. The third-order valence-electron chi connectivity index (χ3n) is 3.32. The van der Waals surface area contributed by atoms with Crippen molar-refractivity contribution in [2.24, 2.45) is 15.5 Å². The van der Waals surface area contributed by atoms with Gasteiger partial charge < -0.3 is 28.9 Å². The van der Waals surface area contributed by atoms with E-state index in [0.29, 0.717) is 33.8 Å². The quantitative estimate of drug-likeness (QED) is 0.251. The van der Waals surface area contributed by atoms with E-state index in [1.807, 2.05) is 0 Å². The molecule has 0 bridgehead atoms. The molecule has 0 aliphatic heterocycles. The Balaban J connectivity index is 2.17. The summed E-state index contributed by atoms with van der Waals surface area (Å²) in [6, 6.07) is 6.82. The van der Waals surface area contributed by atoms with Crippen LogP contribution in [0.15, 0.2) is 65.1 Å². The average Bonchev–Trinajstić information content (AvgIpc) is 3.36. The lowest BCUT2D eigenvalue weighted by atomic mass is 10.5. The fraction of sp³-hybridized carbons (Fsp3) is 0. The molecule has 0 aliphatic carbocycles. The Morgan fingerprint density at radius 1 is 0.654 bits per heavy atom. The molecule has 3 aromatic heterocycles. The summed E-state index contributed by atoms with van der Waals surface area (Å²) in [6.45, 7) is 0. The number of hydrogen-bond donors (Lipinski definition) is 3. The third-order valence-corrected chi connectivity index (χ3v) is 7.53. The van der Waals surface area contributed by atoms with E-state index in [-0.39, 0.29) is 0 Å². The first-order chi connectivity index (χ1) is 12.6. The van der Waals surface area contributed by atoms with E-state index in [1.165, 1.54) is 0 Å². The molecule has 26 heavy (non-hydrogen) atoms. The molecule has 0 saturated carbocycles. The van der Waals surface area contributed by atoms with Crippen molar-refractivity contribution >= 4 is 53.0 Å². The van der Waals surface area contributed by atoms with Crippen molar-refractivity contribution in [1.29, 1.82) is 0 Å². The minimum absolute atomic E-state index is 0.295. The number of furan rings is 3. The van der Waals surface area contributed by atoms with Crippen LogP contribution >= 0.6 is 6.04 Å². The van der Waals surface area contributed by atoms with E-state index >= 15 is 0 Å². The molecule has 3 N–H and O–H groups in total. The SMILES string of the molecule is ON=Cc1ccc(P(=S)(c2ccc(C=NO)o2)c2ccc(C=NO)o2)o1. The van der Waals surface area contributed by atoms with E-state index in [0.717, 1.165) is 18.6 Å². The van der Waals surface area contributed by atoms with Crippen LogP contribution in [0.2, 0.25) is 0 Å². The molecule has 0 aromatic carbocycles. The van der Waals surface area contributed by atoms with E-state index in [4.69, 9.17) is 40.7 Å². The Bertz CT molecular complexity index is 903. The Kier molecular flexibility index (Phi) is 5.06. The first kappa shape index (κ1) is 17.7. The fourth-order valence-electron chi connectivity index (χ4n) is 2.24. The van der Waals surface area contributed by atoms with Crippen LogP contribution in [-0.4, -0.2) is 34.3 Å². The standard InChI is InChI=1S/C15H12N3O6PS/c19-16-7-10-1-4-13(22-10)25(26,14-5-2-11(23-14)8-17-20)15-6-3-12(24-15)9-18-21/h1-9,19-21H. The Hall–Kier alpha value is -3.10. The van der Waals surface area contributed by atoms with Crippen LogP contribution in [0.25, 0.3) is 0 Å². The van der Waals surface area contributed by atoms with Gasteiger partial charge in [0.05, 0.1) is 0 Å². The summed E-state index contributed by atoms with van der Waals surface area (Å²) in [7, 11) is 0. The van der Waals surface area contributed by atoms with Gasteiger partial charge in [-0.05, 0) is 36.4 Å². The van der Waals surface area contributed by atoms with Gasteiger partial charge in [0.1, 0.15) is 42.0 Å². The highest BCUT2D eigenvalue weighted by Crippen LogP contribution is 2.44. The number of rotatable bonds is 6. The highest BCUT2D eigenvalue weighted by Gasteiger charge is 2.34. The van der Waals surface area contributed by atoms with Gasteiger partial charge in [-0.2, -0.15) is 0 Å². The molecule has 0 unspecified atom stereocenters. The van der Waals surface area contributed by atoms with Gasteiger partial charge in [0, 0.05) is 0 Å². The van der Waals surface area contributed by atoms with Gasteiger partial charge in [0.2, 0.25) is 0 Å². The summed E-state index contributed by atoms with van der Waals surface area (Å²) in [6.07, 6.45) is 3.38. The fourth-order valence-corrected chi connectivity index (χ4v) is 5.33. The van der Waals surface area contributed by atoms with Crippen molar-refractivity contribution in [3.8, 4) is 0 Å². The molecule has 134 valence electrons. The molecule has 11 heteroatoms. The van der Waals surface area contributed by atoms with Crippen LogP contribution < -0.4 is 16.5 Å². The lowest BCUT2D eigenvalue weighted by Crippen LogP contribution is -2.22. The number of oxime groups is 3. The van der Waals surface area contributed by atoms with Gasteiger partial charge in [0.15, 0.2) is 16.5 Å². The smallest absolute Gasteiger partial charge is 0.150 e. The summed E-state index contributed by atoms with van der Waals surface area (Å²) < 4.78 is 17.1. The summed E-state index contributed by atoms with van der Waals surface area (Å²) in [5.74, 6) is 0.886.